The summed E-state index contributed by atoms with van der Waals surface area (Å²) < 4.78 is 17.0. The highest BCUT2D eigenvalue weighted by Crippen LogP contribution is 2.49. The lowest BCUT2D eigenvalue weighted by Crippen LogP contribution is -2.36. The number of Topliss-reactive ketones (excluding diaryl/α,β-unsaturated/α-hetero) is 1. The van der Waals surface area contributed by atoms with Crippen molar-refractivity contribution in [2.45, 2.75) is 38.5 Å². The number of ether oxygens (including phenoxy) is 3. The molecule has 9 heteroatoms. The van der Waals surface area contributed by atoms with Crippen LogP contribution in [0.2, 0.25) is 0 Å². The fraction of sp³-hybridized carbons (Fsp3) is 0.379. The van der Waals surface area contributed by atoms with Gasteiger partial charge in [0.05, 0.1) is 24.3 Å². The van der Waals surface area contributed by atoms with Crippen LogP contribution in [0, 0.1) is 0 Å². The van der Waals surface area contributed by atoms with Crippen LogP contribution in [0.1, 0.15) is 49.7 Å². The maximum atomic E-state index is 13.9. The Bertz CT molecular complexity index is 1300. The lowest BCUT2D eigenvalue weighted by molar-refractivity contribution is -0.138. The second-order valence-electron chi connectivity index (χ2n) is 9.15. The third-order valence-electron chi connectivity index (χ3n) is 6.90. The molecule has 2 aliphatic rings. The van der Waals surface area contributed by atoms with Gasteiger partial charge in [0, 0.05) is 41.0 Å². The van der Waals surface area contributed by atoms with Crippen LogP contribution < -0.4 is 14.8 Å². The first-order valence-electron chi connectivity index (χ1n) is 12.5. The van der Waals surface area contributed by atoms with E-state index in [0.717, 1.165) is 22.8 Å². The quantitative estimate of drug-likeness (QED) is 0.274. The van der Waals surface area contributed by atoms with Crippen molar-refractivity contribution >= 4 is 39.4 Å². The number of para-hydroxylation sites is 1. The van der Waals surface area contributed by atoms with Crippen molar-refractivity contribution in [2.24, 2.45) is 0 Å². The molecule has 0 radical (unpaired) electrons. The number of methoxy groups -OCH3 is 2. The summed E-state index contributed by atoms with van der Waals surface area (Å²) in [4.78, 5) is 27.3. The van der Waals surface area contributed by atoms with Gasteiger partial charge in [-0.15, -0.1) is 0 Å². The number of thioether (sulfide) groups is 1. The van der Waals surface area contributed by atoms with Gasteiger partial charge in [0.15, 0.2) is 17.3 Å². The number of carbonyl (C=O) groups is 2. The average Bonchev–Trinajstić information content (AvgIpc) is 2.91. The predicted molar refractivity (Wildman–Crippen MR) is 152 cm³/mol. The number of allylic oxidation sites excluding steroid dienone is 3. The van der Waals surface area contributed by atoms with E-state index in [9.17, 15) is 14.7 Å². The molecule has 2 N–H and O–H groups in total. The predicted octanol–water partition coefficient (Wildman–Crippen LogP) is 5.83. The second kappa shape index (κ2) is 12.3. The number of halogens is 1. The molecule has 2 atom stereocenters. The summed E-state index contributed by atoms with van der Waals surface area (Å²) in [7, 11) is 3.09. The number of hydrogen-bond acceptors (Lipinski definition) is 8. The third-order valence-corrected chi connectivity index (χ3v) is 8.36. The SMILES string of the molecule is CCSCCOC(=O)C1=C(C)NC2=C(C(=O)C[C@@H](c3ccccc3OC)C2)[C@@H]1c1cc(Br)c(O)c(OC)c1. The van der Waals surface area contributed by atoms with E-state index in [1.165, 1.54) is 7.11 Å². The second-order valence-corrected chi connectivity index (χ2v) is 11.4. The molecule has 0 aromatic heterocycles. The lowest BCUT2D eigenvalue weighted by Gasteiger charge is -2.37. The van der Waals surface area contributed by atoms with Gasteiger partial charge in [-0.3, -0.25) is 4.79 Å². The van der Waals surface area contributed by atoms with Crippen LogP contribution in [0.25, 0.3) is 0 Å². The van der Waals surface area contributed by atoms with Gasteiger partial charge in [-0.1, -0.05) is 25.1 Å². The first-order valence-corrected chi connectivity index (χ1v) is 14.4. The Morgan fingerprint density at radius 1 is 1.16 bits per heavy atom. The van der Waals surface area contributed by atoms with E-state index >= 15 is 0 Å². The van der Waals surface area contributed by atoms with Crippen LogP contribution in [0.15, 0.2) is 63.4 Å². The van der Waals surface area contributed by atoms with E-state index in [-0.39, 0.29) is 36.2 Å². The van der Waals surface area contributed by atoms with Crippen molar-refractivity contribution in [3.63, 3.8) is 0 Å². The van der Waals surface area contributed by atoms with E-state index in [2.05, 4.69) is 28.2 Å². The summed E-state index contributed by atoms with van der Waals surface area (Å²) >= 11 is 5.09. The monoisotopic (exact) mass is 601 g/mol. The van der Waals surface area contributed by atoms with Crippen LogP contribution in [-0.4, -0.2) is 49.2 Å². The summed E-state index contributed by atoms with van der Waals surface area (Å²) in [6.07, 6.45) is 0.865. The molecule has 0 amide bonds. The molecule has 0 spiro atoms. The highest BCUT2D eigenvalue weighted by atomic mass is 79.9. The Morgan fingerprint density at radius 2 is 1.89 bits per heavy atom. The Hall–Kier alpha value is -2.91. The van der Waals surface area contributed by atoms with E-state index in [4.69, 9.17) is 14.2 Å². The van der Waals surface area contributed by atoms with E-state index in [1.807, 2.05) is 31.2 Å². The number of nitrogens with one attached hydrogen (secondary N) is 1. The minimum absolute atomic E-state index is 0.0491. The zero-order chi connectivity index (χ0) is 27.4. The maximum Gasteiger partial charge on any atom is 0.336 e. The van der Waals surface area contributed by atoms with Gasteiger partial charge >= 0.3 is 5.97 Å². The van der Waals surface area contributed by atoms with Crippen molar-refractivity contribution < 1.29 is 28.9 Å². The molecule has 0 fully saturated rings. The number of hydrogen-bond donors (Lipinski definition) is 2. The molecular weight excluding hydrogens is 570 g/mol. The zero-order valence-corrected chi connectivity index (χ0v) is 24.3. The number of aromatic hydroxyl groups is 1. The van der Waals surface area contributed by atoms with Gasteiger partial charge in [0.1, 0.15) is 12.4 Å². The summed E-state index contributed by atoms with van der Waals surface area (Å²) in [5.41, 5.74) is 3.96. The number of ketones is 1. The molecule has 1 aliphatic carbocycles. The summed E-state index contributed by atoms with van der Waals surface area (Å²) in [6.45, 7) is 4.16. The van der Waals surface area contributed by atoms with E-state index in [0.29, 0.717) is 39.1 Å². The van der Waals surface area contributed by atoms with Gasteiger partial charge in [0.25, 0.3) is 0 Å². The maximum absolute atomic E-state index is 13.9. The molecule has 4 rings (SSSR count). The Labute approximate surface area is 235 Å². The van der Waals surface area contributed by atoms with Gasteiger partial charge in [-0.05, 0) is 64.4 Å². The molecular formula is C29H32BrNO6S. The van der Waals surface area contributed by atoms with Crippen LogP contribution in [-0.2, 0) is 14.3 Å². The van der Waals surface area contributed by atoms with E-state index in [1.54, 1.807) is 31.0 Å². The molecule has 2 aromatic rings. The average molecular weight is 603 g/mol. The number of carbonyl (C=O) groups excluding carboxylic acids is 2. The molecule has 1 aliphatic heterocycles. The highest BCUT2D eigenvalue weighted by Gasteiger charge is 2.42. The number of esters is 1. The summed E-state index contributed by atoms with van der Waals surface area (Å²) in [5.74, 6) is 1.31. The van der Waals surface area contributed by atoms with Gasteiger partial charge in [-0.25, -0.2) is 4.79 Å². The normalized spacial score (nSPS) is 19.1. The Balaban J connectivity index is 1.80. The fourth-order valence-electron chi connectivity index (χ4n) is 5.20. The molecule has 38 heavy (non-hydrogen) atoms. The van der Waals surface area contributed by atoms with Crippen LogP contribution in [0.3, 0.4) is 0 Å². The van der Waals surface area contributed by atoms with Crippen LogP contribution >= 0.6 is 27.7 Å². The third kappa shape index (κ3) is 5.59. The molecule has 7 nitrogen and oxygen atoms in total. The number of benzene rings is 2. The zero-order valence-electron chi connectivity index (χ0n) is 21.9. The number of phenols is 1. The molecule has 2 aromatic carbocycles. The smallest absolute Gasteiger partial charge is 0.336 e. The molecule has 0 bridgehead atoms. The molecule has 1 heterocycles. The minimum Gasteiger partial charge on any atom is -0.503 e. The molecule has 0 saturated heterocycles. The van der Waals surface area contributed by atoms with Gasteiger partial charge in [0.2, 0.25) is 0 Å². The number of phenolic OH excluding ortho intramolecular Hbond substituents is 1. The van der Waals surface area contributed by atoms with E-state index < -0.39 is 11.9 Å². The van der Waals surface area contributed by atoms with Gasteiger partial charge < -0.3 is 24.6 Å². The Kier molecular flexibility index (Phi) is 9.10. The van der Waals surface area contributed by atoms with Gasteiger partial charge in [-0.2, -0.15) is 11.8 Å². The lowest BCUT2D eigenvalue weighted by atomic mass is 9.71. The van der Waals surface area contributed by atoms with Crippen LogP contribution in [0.4, 0.5) is 0 Å². The van der Waals surface area contributed by atoms with Crippen molar-refractivity contribution in [3.05, 3.63) is 74.5 Å². The van der Waals surface area contributed by atoms with Crippen molar-refractivity contribution in [1.82, 2.24) is 5.32 Å². The summed E-state index contributed by atoms with van der Waals surface area (Å²) in [6, 6.07) is 11.1. The fourth-order valence-corrected chi connectivity index (χ4v) is 6.15. The number of dihydropyridines is 1. The first kappa shape index (κ1) is 28.1. The molecule has 0 unspecified atom stereocenters. The Morgan fingerprint density at radius 3 is 2.61 bits per heavy atom. The highest BCUT2D eigenvalue weighted by molar-refractivity contribution is 9.10. The summed E-state index contributed by atoms with van der Waals surface area (Å²) in [5, 5.41) is 13.8. The molecule has 202 valence electrons. The minimum atomic E-state index is -0.672. The first-order chi connectivity index (χ1) is 18.3. The van der Waals surface area contributed by atoms with Crippen molar-refractivity contribution in [2.75, 3.05) is 32.3 Å². The standard InChI is InChI=1S/C29H32BrNO6S/c1-5-38-11-10-37-29(34)25-16(2)31-21-13-17(19-8-6-7-9-23(19)35-3)14-22(32)27(21)26(25)18-12-20(30)28(33)24(15-18)36-4/h6-9,12,15,17,26,31,33H,5,10-11,13-14H2,1-4H3/t17-,26+/m0/s1. The topological polar surface area (TPSA) is 94.1 Å². The van der Waals surface area contributed by atoms with Crippen molar-refractivity contribution in [3.8, 4) is 17.2 Å². The number of rotatable bonds is 9. The largest absolute Gasteiger partial charge is 0.503 e. The molecule has 0 saturated carbocycles. The van der Waals surface area contributed by atoms with Crippen LogP contribution in [0.5, 0.6) is 17.2 Å². The van der Waals surface area contributed by atoms with Crippen molar-refractivity contribution in [1.29, 1.82) is 0 Å².